The van der Waals surface area contributed by atoms with E-state index in [-0.39, 0.29) is 0 Å². The van der Waals surface area contributed by atoms with Crippen molar-refractivity contribution in [3.8, 4) is 0 Å². The molecule has 0 saturated heterocycles. The lowest BCUT2D eigenvalue weighted by molar-refractivity contribution is 0.168. The highest BCUT2D eigenvalue weighted by Gasteiger charge is 2.05. The lowest BCUT2D eigenvalue weighted by Gasteiger charge is -2.07. The van der Waals surface area contributed by atoms with Crippen LogP contribution < -0.4 is 5.32 Å². The van der Waals surface area contributed by atoms with Gasteiger partial charge in [-0.3, -0.25) is 5.32 Å². The van der Waals surface area contributed by atoms with Gasteiger partial charge < -0.3 is 4.74 Å². The molecule has 1 N–H and O–H groups in total. The highest BCUT2D eigenvalue weighted by Crippen LogP contribution is 2.16. The van der Waals surface area contributed by atoms with Gasteiger partial charge in [-0.25, -0.2) is 9.78 Å². The van der Waals surface area contributed by atoms with Gasteiger partial charge >= 0.3 is 6.09 Å². The summed E-state index contributed by atoms with van der Waals surface area (Å²) < 4.78 is 5.48. The molecule has 1 amide bonds. The number of amides is 1. The molecule has 1 rings (SSSR count). The third kappa shape index (κ3) is 2.99. The van der Waals surface area contributed by atoms with E-state index in [1.807, 2.05) is 6.92 Å². The van der Waals surface area contributed by atoms with E-state index in [1.54, 1.807) is 19.1 Å². The Morgan fingerprint density at radius 1 is 1.64 bits per heavy atom. The second kappa shape index (κ2) is 4.95. The van der Waals surface area contributed by atoms with E-state index in [4.69, 9.17) is 4.74 Å². The molecular formula is C9H11BrN2O2. The molecule has 0 aliphatic rings. The number of carbonyl (C=O) groups is 1. The number of carbonyl (C=O) groups excluding carboxylic acids is 1. The lowest BCUT2D eigenvalue weighted by Crippen LogP contribution is -2.14. The van der Waals surface area contributed by atoms with Crippen molar-refractivity contribution in [2.45, 2.75) is 13.8 Å². The van der Waals surface area contributed by atoms with Crippen molar-refractivity contribution in [3.63, 3.8) is 0 Å². The number of nitrogens with one attached hydrogen (secondary N) is 1. The van der Waals surface area contributed by atoms with Gasteiger partial charge in [-0.15, -0.1) is 0 Å². The molecule has 0 unspecified atom stereocenters. The molecule has 0 aliphatic heterocycles. The van der Waals surface area contributed by atoms with Gasteiger partial charge in [0.1, 0.15) is 4.60 Å². The Hall–Kier alpha value is -1.10. The Morgan fingerprint density at radius 2 is 2.36 bits per heavy atom. The Bertz CT molecular complexity index is 342. The molecule has 76 valence electrons. The monoisotopic (exact) mass is 258 g/mol. The van der Waals surface area contributed by atoms with Crippen LogP contribution in [-0.2, 0) is 4.74 Å². The number of aryl methyl sites for hydroxylation is 1. The number of hydrogen-bond acceptors (Lipinski definition) is 3. The van der Waals surface area contributed by atoms with E-state index >= 15 is 0 Å². The molecule has 1 aromatic rings. The number of pyridine rings is 1. The predicted molar refractivity (Wildman–Crippen MR) is 57.3 cm³/mol. The summed E-state index contributed by atoms with van der Waals surface area (Å²) in [5, 5.41) is 2.59. The Balaban J connectivity index is 2.72. The summed E-state index contributed by atoms with van der Waals surface area (Å²) in [5.74, 6) is 0. The van der Waals surface area contributed by atoms with Crippen molar-refractivity contribution >= 4 is 27.7 Å². The van der Waals surface area contributed by atoms with Gasteiger partial charge in [-0.1, -0.05) is 0 Å². The van der Waals surface area contributed by atoms with Crippen LogP contribution >= 0.6 is 15.9 Å². The first-order chi connectivity index (χ1) is 6.63. The average molecular weight is 259 g/mol. The van der Waals surface area contributed by atoms with Crippen molar-refractivity contribution < 1.29 is 9.53 Å². The Labute approximate surface area is 90.8 Å². The third-order valence-corrected chi connectivity index (χ3v) is 2.01. The largest absolute Gasteiger partial charge is 0.450 e. The molecule has 0 aliphatic carbocycles. The van der Waals surface area contributed by atoms with Crippen LogP contribution in [0.15, 0.2) is 16.7 Å². The Morgan fingerprint density at radius 3 is 2.93 bits per heavy atom. The van der Waals surface area contributed by atoms with Crippen LogP contribution in [-0.4, -0.2) is 17.7 Å². The van der Waals surface area contributed by atoms with Crippen molar-refractivity contribution in [2.24, 2.45) is 0 Å². The topological polar surface area (TPSA) is 51.2 Å². The number of aromatic nitrogens is 1. The van der Waals surface area contributed by atoms with Gasteiger partial charge in [0.25, 0.3) is 0 Å². The highest BCUT2D eigenvalue weighted by atomic mass is 79.9. The van der Waals surface area contributed by atoms with E-state index in [9.17, 15) is 4.79 Å². The van der Waals surface area contributed by atoms with Crippen LogP contribution in [0.3, 0.4) is 0 Å². The zero-order chi connectivity index (χ0) is 10.6. The molecule has 4 nitrogen and oxygen atoms in total. The van der Waals surface area contributed by atoms with E-state index in [2.05, 4.69) is 26.2 Å². The summed E-state index contributed by atoms with van der Waals surface area (Å²) in [6, 6.07) is 3.53. The number of hydrogen-bond donors (Lipinski definition) is 1. The summed E-state index contributed by atoms with van der Waals surface area (Å²) in [6.07, 6.45) is -0.459. The second-order valence-electron chi connectivity index (χ2n) is 2.61. The summed E-state index contributed by atoms with van der Waals surface area (Å²) in [5.41, 5.74) is 1.40. The molecule has 0 radical (unpaired) electrons. The van der Waals surface area contributed by atoms with Gasteiger partial charge in [0.15, 0.2) is 0 Å². The van der Waals surface area contributed by atoms with E-state index in [1.165, 1.54) is 0 Å². The molecule has 0 spiro atoms. The fourth-order valence-corrected chi connectivity index (χ4v) is 1.34. The van der Waals surface area contributed by atoms with Gasteiger partial charge in [-0.05, 0) is 41.9 Å². The molecule has 0 saturated carbocycles. The minimum atomic E-state index is -0.459. The van der Waals surface area contributed by atoms with Crippen LogP contribution in [0.25, 0.3) is 0 Å². The second-order valence-corrected chi connectivity index (χ2v) is 3.42. The van der Waals surface area contributed by atoms with Crippen molar-refractivity contribution in [3.05, 3.63) is 22.4 Å². The molecule has 0 atom stereocenters. The van der Waals surface area contributed by atoms with Crippen molar-refractivity contribution in [1.29, 1.82) is 0 Å². The van der Waals surface area contributed by atoms with Crippen LogP contribution in [0.4, 0.5) is 10.5 Å². The maximum atomic E-state index is 11.1. The molecule has 1 aromatic heterocycles. The first-order valence-electron chi connectivity index (χ1n) is 4.20. The highest BCUT2D eigenvalue weighted by molar-refractivity contribution is 9.10. The predicted octanol–water partition coefficient (Wildman–Crippen LogP) is 2.72. The minimum absolute atomic E-state index is 0.356. The fourth-order valence-electron chi connectivity index (χ4n) is 0.940. The maximum absolute atomic E-state index is 11.1. The number of anilines is 1. The summed E-state index contributed by atoms with van der Waals surface area (Å²) >= 11 is 3.24. The van der Waals surface area contributed by atoms with Gasteiger partial charge in [0.2, 0.25) is 0 Å². The molecule has 14 heavy (non-hydrogen) atoms. The van der Waals surface area contributed by atoms with E-state index in [0.717, 1.165) is 10.3 Å². The summed E-state index contributed by atoms with van der Waals surface area (Å²) in [4.78, 5) is 15.2. The van der Waals surface area contributed by atoms with Crippen molar-refractivity contribution in [2.75, 3.05) is 11.9 Å². The fraction of sp³-hybridized carbons (Fsp3) is 0.333. The van der Waals surface area contributed by atoms with Crippen molar-refractivity contribution in [1.82, 2.24) is 4.98 Å². The first kappa shape index (κ1) is 11.0. The van der Waals surface area contributed by atoms with Crippen LogP contribution in [0.2, 0.25) is 0 Å². The number of nitrogens with zero attached hydrogens (tertiary/aromatic N) is 1. The molecule has 0 fully saturated rings. The SMILES string of the molecule is CCOC(=O)Nc1ccc(Br)nc1C. The smallest absolute Gasteiger partial charge is 0.411 e. The van der Waals surface area contributed by atoms with Gasteiger partial charge in [0, 0.05) is 0 Å². The zero-order valence-electron chi connectivity index (χ0n) is 8.00. The average Bonchev–Trinajstić information content (AvgIpc) is 2.10. The van der Waals surface area contributed by atoms with Crippen LogP contribution in [0.5, 0.6) is 0 Å². The summed E-state index contributed by atoms with van der Waals surface area (Å²) in [6.45, 7) is 3.92. The Kier molecular flexibility index (Phi) is 3.88. The minimum Gasteiger partial charge on any atom is -0.450 e. The number of halogens is 1. The molecule has 1 heterocycles. The number of ether oxygens (including phenoxy) is 1. The van der Waals surface area contributed by atoms with E-state index < -0.39 is 6.09 Å². The standard InChI is InChI=1S/C9H11BrN2O2/c1-3-14-9(13)12-7-4-5-8(10)11-6(7)2/h4-5H,3H2,1-2H3,(H,12,13). The quantitative estimate of drug-likeness (QED) is 0.831. The zero-order valence-corrected chi connectivity index (χ0v) is 9.59. The molecular weight excluding hydrogens is 248 g/mol. The summed E-state index contributed by atoms with van der Waals surface area (Å²) in [7, 11) is 0. The van der Waals surface area contributed by atoms with Crippen LogP contribution in [0, 0.1) is 6.92 Å². The van der Waals surface area contributed by atoms with Gasteiger partial charge in [-0.2, -0.15) is 0 Å². The molecule has 5 heteroatoms. The normalized spacial score (nSPS) is 9.64. The third-order valence-electron chi connectivity index (χ3n) is 1.56. The van der Waals surface area contributed by atoms with E-state index in [0.29, 0.717) is 12.3 Å². The van der Waals surface area contributed by atoms with Crippen LogP contribution in [0.1, 0.15) is 12.6 Å². The van der Waals surface area contributed by atoms with Gasteiger partial charge in [0.05, 0.1) is 18.0 Å². The maximum Gasteiger partial charge on any atom is 0.411 e. The molecule has 0 aromatic carbocycles. The molecule has 0 bridgehead atoms. The first-order valence-corrected chi connectivity index (χ1v) is 4.99. The lowest BCUT2D eigenvalue weighted by atomic mass is 10.3. The number of rotatable bonds is 2.